The van der Waals surface area contributed by atoms with Gasteiger partial charge in [0.1, 0.15) is 17.9 Å². The van der Waals surface area contributed by atoms with Crippen molar-refractivity contribution in [2.75, 3.05) is 0 Å². The first-order valence-electron chi connectivity index (χ1n) is 7.94. The van der Waals surface area contributed by atoms with Gasteiger partial charge in [-0.1, -0.05) is 35.9 Å². The molecule has 1 heterocycles. The van der Waals surface area contributed by atoms with Crippen LogP contribution in [-0.4, -0.2) is 23.8 Å². The Hall–Kier alpha value is -3.65. The lowest BCUT2D eigenvalue weighted by Crippen LogP contribution is -2.51. The van der Waals surface area contributed by atoms with E-state index in [1.807, 2.05) is 10.6 Å². The Morgan fingerprint density at radius 3 is 2.29 bits per heavy atom. The van der Waals surface area contributed by atoms with E-state index in [1.54, 1.807) is 24.3 Å². The van der Waals surface area contributed by atoms with Crippen LogP contribution in [0.25, 0.3) is 6.08 Å². The third-order valence-electron chi connectivity index (χ3n) is 3.80. The minimum Gasteiger partial charge on any atom is -0.545 e. The highest BCUT2D eigenvalue weighted by Crippen LogP contribution is 2.26. The molecule has 1 aliphatic heterocycles. The van der Waals surface area contributed by atoms with Gasteiger partial charge >= 0.3 is 6.03 Å². The van der Waals surface area contributed by atoms with E-state index in [4.69, 9.17) is 16.3 Å². The number of rotatable bonds is 5. The molecule has 2 aromatic rings. The number of aromatic carboxylic acids is 1. The number of carbonyl (C=O) groups is 4. The zero-order valence-electron chi connectivity index (χ0n) is 14.2. The molecular weight excluding hydrogens is 388 g/mol. The smallest absolute Gasteiger partial charge is 0.328 e. The number of amides is 4. The van der Waals surface area contributed by atoms with E-state index < -0.39 is 23.8 Å². The highest BCUT2D eigenvalue weighted by Gasteiger charge is 2.28. The Morgan fingerprint density at radius 2 is 1.68 bits per heavy atom. The summed E-state index contributed by atoms with van der Waals surface area (Å²) in [7, 11) is 0. The summed E-state index contributed by atoms with van der Waals surface area (Å²) in [6.45, 7) is 0.0992. The molecule has 9 heteroatoms. The van der Waals surface area contributed by atoms with Gasteiger partial charge in [0, 0.05) is 10.6 Å². The summed E-state index contributed by atoms with van der Waals surface area (Å²) in [6, 6.07) is 9.68. The lowest BCUT2D eigenvalue weighted by atomic mass is 10.1. The van der Waals surface area contributed by atoms with E-state index in [-0.39, 0.29) is 17.7 Å². The maximum Gasteiger partial charge on any atom is 0.328 e. The standard InChI is InChI=1S/C19H13ClN2O6/c20-13-5-6-15(28-9-10-1-3-11(4-2-10)18(25)26)12(7-13)8-14-16(23)21-19(27)22-17(14)24/h1-8H,9H2,(H,25,26)(H2,21,22,23,24,27)/p-1. The summed E-state index contributed by atoms with van der Waals surface area (Å²) in [5, 5.41) is 15.1. The number of hydrogen-bond acceptors (Lipinski definition) is 6. The molecule has 0 atom stereocenters. The van der Waals surface area contributed by atoms with Gasteiger partial charge in [0.15, 0.2) is 0 Å². The quantitative estimate of drug-likeness (QED) is 0.571. The van der Waals surface area contributed by atoms with Crippen LogP contribution in [0.2, 0.25) is 5.02 Å². The zero-order valence-corrected chi connectivity index (χ0v) is 14.9. The monoisotopic (exact) mass is 399 g/mol. The Balaban J connectivity index is 1.84. The molecule has 0 aromatic heterocycles. The highest BCUT2D eigenvalue weighted by molar-refractivity contribution is 6.32. The number of urea groups is 1. The van der Waals surface area contributed by atoms with Gasteiger partial charge in [-0.25, -0.2) is 4.79 Å². The van der Waals surface area contributed by atoms with Gasteiger partial charge in [-0.2, -0.15) is 0 Å². The minimum absolute atomic E-state index is 0.0459. The van der Waals surface area contributed by atoms with Crippen LogP contribution in [0.4, 0.5) is 4.79 Å². The first kappa shape index (κ1) is 19.1. The predicted molar refractivity (Wildman–Crippen MR) is 96.2 cm³/mol. The summed E-state index contributed by atoms with van der Waals surface area (Å²) in [4.78, 5) is 45.7. The van der Waals surface area contributed by atoms with Gasteiger partial charge in [-0.05, 0) is 35.4 Å². The van der Waals surface area contributed by atoms with Crippen LogP contribution in [0.1, 0.15) is 21.5 Å². The molecule has 0 spiro atoms. The Labute approximate surface area is 163 Å². The van der Waals surface area contributed by atoms with Gasteiger partial charge in [0.05, 0.1) is 5.97 Å². The summed E-state index contributed by atoms with van der Waals surface area (Å²) in [5.74, 6) is -2.62. The highest BCUT2D eigenvalue weighted by atomic mass is 35.5. The number of ether oxygens (including phenoxy) is 1. The van der Waals surface area contributed by atoms with Gasteiger partial charge < -0.3 is 14.6 Å². The van der Waals surface area contributed by atoms with Crippen LogP contribution in [0.15, 0.2) is 48.0 Å². The molecule has 2 aromatic carbocycles. The fraction of sp³-hybridized carbons (Fsp3) is 0.0526. The van der Waals surface area contributed by atoms with Crippen LogP contribution in [-0.2, 0) is 16.2 Å². The molecule has 1 aliphatic rings. The van der Waals surface area contributed by atoms with Crippen molar-refractivity contribution < 1.29 is 29.0 Å². The Morgan fingerprint density at radius 1 is 1.04 bits per heavy atom. The number of imide groups is 2. The number of carboxylic acid groups (broad SMARTS) is 1. The minimum atomic E-state index is -1.28. The lowest BCUT2D eigenvalue weighted by molar-refractivity contribution is -0.255. The van der Waals surface area contributed by atoms with Gasteiger partial charge in [0.2, 0.25) is 0 Å². The molecule has 1 fully saturated rings. The van der Waals surface area contributed by atoms with E-state index in [0.717, 1.165) is 0 Å². The molecule has 0 radical (unpaired) electrons. The lowest BCUT2D eigenvalue weighted by Gasteiger charge is -2.15. The van der Waals surface area contributed by atoms with E-state index in [9.17, 15) is 24.3 Å². The molecular formula is C19H12ClN2O6-. The van der Waals surface area contributed by atoms with Crippen molar-refractivity contribution in [3.8, 4) is 5.75 Å². The van der Waals surface area contributed by atoms with Gasteiger partial charge in [-0.15, -0.1) is 0 Å². The molecule has 0 unspecified atom stereocenters. The van der Waals surface area contributed by atoms with Gasteiger partial charge in [-0.3, -0.25) is 20.2 Å². The zero-order chi connectivity index (χ0) is 20.3. The maximum atomic E-state index is 11.9. The van der Waals surface area contributed by atoms with Crippen LogP contribution in [0.3, 0.4) is 0 Å². The number of carbonyl (C=O) groups excluding carboxylic acids is 4. The molecule has 0 saturated carbocycles. The maximum absolute atomic E-state index is 11.9. The first-order valence-corrected chi connectivity index (χ1v) is 8.32. The second-order valence-electron chi connectivity index (χ2n) is 5.75. The third kappa shape index (κ3) is 4.36. The van der Waals surface area contributed by atoms with E-state index in [0.29, 0.717) is 21.9 Å². The summed E-state index contributed by atoms with van der Waals surface area (Å²) >= 11 is 5.99. The van der Waals surface area contributed by atoms with Crippen LogP contribution in [0.5, 0.6) is 5.75 Å². The van der Waals surface area contributed by atoms with Crippen molar-refractivity contribution in [2.45, 2.75) is 6.61 Å². The van der Waals surface area contributed by atoms with Crippen LogP contribution >= 0.6 is 11.6 Å². The molecule has 0 aliphatic carbocycles. The van der Waals surface area contributed by atoms with Crippen molar-refractivity contribution in [3.63, 3.8) is 0 Å². The van der Waals surface area contributed by atoms with Crippen molar-refractivity contribution in [3.05, 3.63) is 69.8 Å². The summed E-state index contributed by atoms with van der Waals surface area (Å²) < 4.78 is 5.72. The fourth-order valence-corrected chi connectivity index (χ4v) is 2.60. The number of barbiturate groups is 1. The molecule has 2 N–H and O–H groups in total. The average molecular weight is 400 g/mol. The number of hydrogen-bond donors (Lipinski definition) is 2. The average Bonchev–Trinajstić information content (AvgIpc) is 2.64. The second-order valence-corrected chi connectivity index (χ2v) is 6.19. The van der Waals surface area contributed by atoms with Crippen LogP contribution in [0, 0.1) is 0 Å². The molecule has 28 heavy (non-hydrogen) atoms. The molecule has 3 rings (SSSR count). The van der Waals surface area contributed by atoms with Gasteiger partial charge in [0.25, 0.3) is 11.8 Å². The normalized spacial score (nSPS) is 13.6. The van der Waals surface area contributed by atoms with Crippen molar-refractivity contribution >= 4 is 41.5 Å². The van der Waals surface area contributed by atoms with Crippen molar-refractivity contribution in [2.24, 2.45) is 0 Å². The van der Waals surface area contributed by atoms with Crippen molar-refractivity contribution in [1.29, 1.82) is 0 Å². The first-order chi connectivity index (χ1) is 13.3. The second kappa shape index (κ2) is 7.93. The van der Waals surface area contributed by atoms with E-state index >= 15 is 0 Å². The van der Waals surface area contributed by atoms with Crippen molar-refractivity contribution in [1.82, 2.24) is 10.6 Å². The molecule has 1 saturated heterocycles. The number of nitrogens with one attached hydrogen (secondary N) is 2. The fourth-order valence-electron chi connectivity index (χ4n) is 2.42. The number of halogens is 1. The number of carboxylic acids is 1. The molecule has 4 amide bonds. The molecule has 0 bridgehead atoms. The number of benzene rings is 2. The van der Waals surface area contributed by atoms with E-state index in [1.165, 1.54) is 24.3 Å². The predicted octanol–water partition coefficient (Wildman–Crippen LogP) is 1.03. The van der Waals surface area contributed by atoms with E-state index in [2.05, 4.69) is 0 Å². The SMILES string of the molecule is O=C1NC(=O)C(=Cc2cc(Cl)ccc2OCc2ccc(C(=O)[O-])cc2)C(=O)N1. The molecule has 8 nitrogen and oxygen atoms in total. The third-order valence-corrected chi connectivity index (χ3v) is 4.03. The topological polar surface area (TPSA) is 125 Å². The Kier molecular flexibility index (Phi) is 5.42. The van der Waals surface area contributed by atoms with Crippen LogP contribution < -0.4 is 20.5 Å². The Bertz CT molecular complexity index is 992. The largest absolute Gasteiger partial charge is 0.545 e. The summed E-state index contributed by atoms with van der Waals surface area (Å²) in [6.07, 6.45) is 1.26. The molecule has 142 valence electrons. The summed E-state index contributed by atoms with van der Waals surface area (Å²) in [5.41, 5.74) is 0.820.